The molecule has 2 rings (SSSR count). The van der Waals surface area contributed by atoms with E-state index >= 15 is 0 Å². The molecule has 94 valence electrons. The van der Waals surface area contributed by atoms with Crippen LogP contribution >= 0.6 is 0 Å². The number of hydrogen-bond donors (Lipinski definition) is 1. The van der Waals surface area contributed by atoms with E-state index in [4.69, 9.17) is 10.00 Å². The van der Waals surface area contributed by atoms with Crippen LogP contribution in [0.15, 0.2) is 18.2 Å². The molecule has 4 nitrogen and oxygen atoms in total. The Kier molecular flexibility index (Phi) is 3.58. The Morgan fingerprint density at radius 1 is 1.61 bits per heavy atom. The fraction of sp³-hybridized carbons (Fsp3) is 0.385. The van der Waals surface area contributed by atoms with Crippen LogP contribution in [0.4, 0.5) is 10.1 Å². The van der Waals surface area contributed by atoms with Gasteiger partial charge >= 0.3 is 0 Å². The largest absolute Gasteiger partial charge is 0.378 e. The maximum Gasteiger partial charge on any atom is 0.230 e. The highest BCUT2D eigenvalue weighted by molar-refractivity contribution is 5.94. The van der Waals surface area contributed by atoms with Crippen molar-refractivity contribution in [2.45, 2.75) is 19.4 Å². The minimum Gasteiger partial charge on any atom is -0.378 e. The molecule has 1 aromatic rings. The molecule has 1 aliphatic heterocycles. The highest BCUT2D eigenvalue weighted by Gasteiger charge is 2.31. The number of nitriles is 1. The van der Waals surface area contributed by atoms with Crippen LogP contribution < -0.4 is 5.32 Å². The van der Waals surface area contributed by atoms with Crippen molar-refractivity contribution in [1.29, 1.82) is 5.26 Å². The summed E-state index contributed by atoms with van der Waals surface area (Å²) in [6.45, 7) is 2.38. The summed E-state index contributed by atoms with van der Waals surface area (Å²) in [6.07, 6.45) is 0.494. The Balaban J connectivity index is 2.17. The van der Waals surface area contributed by atoms with E-state index < -0.39 is 5.82 Å². The predicted octanol–water partition coefficient (Wildman–Crippen LogP) is 2.06. The van der Waals surface area contributed by atoms with Crippen molar-refractivity contribution in [3.05, 3.63) is 29.6 Å². The van der Waals surface area contributed by atoms with E-state index in [0.29, 0.717) is 13.0 Å². The molecular weight excluding hydrogens is 235 g/mol. The zero-order valence-electron chi connectivity index (χ0n) is 9.94. The zero-order chi connectivity index (χ0) is 13.1. The number of carbonyl (C=O) groups is 1. The fourth-order valence-corrected chi connectivity index (χ4v) is 2.04. The van der Waals surface area contributed by atoms with E-state index in [1.807, 2.05) is 6.92 Å². The Morgan fingerprint density at radius 2 is 2.39 bits per heavy atom. The second kappa shape index (κ2) is 5.15. The van der Waals surface area contributed by atoms with E-state index in [1.54, 1.807) is 6.07 Å². The quantitative estimate of drug-likeness (QED) is 0.871. The van der Waals surface area contributed by atoms with Crippen molar-refractivity contribution >= 4 is 11.6 Å². The molecule has 0 radical (unpaired) electrons. The van der Waals surface area contributed by atoms with Crippen LogP contribution in [0.25, 0.3) is 0 Å². The maximum absolute atomic E-state index is 13.4. The number of anilines is 1. The number of ether oxygens (including phenoxy) is 1. The molecule has 1 fully saturated rings. The van der Waals surface area contributed by atoms with Gasteiger partial charge in [-0.3, -0.25) is 4.79 Å². The first-order chi connectivity index (χ1) is 8.63. The number of hydrogen-bond acceptors (Lipinski definition) is 3. The summed E-state index contributed by atoms with van der Waals surface area (Å²) in [5.74, 6) is -1.12. The van der Waals surface area contributed by atoms with Crippen LogP contribution in [0.2, 0.25) is 0 Å². The summed E-state index contributed by atoms with van der Waals surface area (Å²) in [6, 6.07) is 5.91. The van der Waals surface area contributed by atoms with Gasteiger partial charge in [0.1, 0.15) is 17.4 Å². The topological polar surface area (TPSA) is 62.1 Å². The van der Waals surface area contributed by atoms with Gasteiger partial charge in [0, 0.05) is 6.61 Å². The molecule has 0 aliphatic carbocycles. The van der Waals surface area contributed by atoms with E-state index in [-0.39, 0.29) is 29.2 Å². The van der Waals surface area contributed by atoms with Crippen LogP contribution in [0.3, 0.4) is 0 Å². The van der Waals surface area contributed by atoms with Gasteiger partial charge in [-0.15, -0.1) is 0 Å². The van der Waals surface area contributed by atoms with Crippen molar-refractivity contribution in [3.63, 3.8) is 0 Å². The molecule has 1 amide bonds. The SMILES string of the molecule is CC1OCCC1C(=O)Nc1cccc(F)c1C#N. The van der Waals surface area contributed by atoms with Gasteiger partial charge in [-0.1, -0.05) is 6.07 Å². The Bertz CT molecular complexity index is 510. The van der Waals surface area contributed by atoms with Gasteiger partial charge in [-0.2, -0.15) is 5.26 Å². The highest BCUT2D eigenvalue weighted by atomic mass is 19.1. The number of rotatable bonds is 2. The lowest BCUT2D eigenvalue weighted by Gasteiger charge is -2.14. The van der Waals surface area contributed by atoms with Gasteiger partial charge in [-0.25, -0.2) is 4.39 Å². The third-order valence-corrected chi connectivity index (χ3v) is 3.10. The van der Waals surface area contributed by atoms with Crippen LogP contribution in [0.5, 0.6) is 0 Å². The molecule has 2 atom stereocenters. The van der Waals surface area contributed by atoms with Gasteiger partial charge in [0.25, 0.3) is 0 Å². The molecule has 0 saturated carbocycles. The number of nitrogens with zero attached hydrogens (tertiary/aromatic N) is 1. The van der Waals surface area contributed by atoms with E-state index in [2.05, 4.69) is 5.32 Å². The van der Waals surface area contributed by atoms with Crippen molar-refractivity contribution in [1.82, 2.24) is 0 Å². The van der Waals surface area contributed by atoms with Gasteiger partial charge in [0.2, 0.25) is 5.91 Å². The number of benzene rings is 1. The Labute approximate surface area is 104 Å². The minimum atomic E-state index is -0.633. The third-order valence-electron chi connectivity index (χ3n) is 3.10. The average Bonchev–Trinajstić information content (AvgIpc) is 2.76. The second-order valence-corrected chi connectivity index (χ2v) is 4.23. The molecule has 1 aromatic carbocycles. The zero-order valence-corrected chi connectivity index (χ0v) is 9.94. The van der Waals surface area contributed by atoms with Gasteiger partial charge in [0.05, 0.1) is 17.7 Å². The van der Waals surface area contributed by atoms with Crippen LogP contribution in [-0.2, 0) is 9.53 Å². The van der Waals surface area contributed by atoms with Crippen LogP contribution in [0.1, 0.15) is 18.9 Å². The fourth-order valence-electron chi connectivity index (χ4n) is 2.04. The van der Waals surface area contributed by atoms with Gasteiger partial charge in [0.15, 0.2) is 0 Å². The lowest BCUT2D eigenvalue weighted by Crippen LogP contribution is -2.28. The standard InChI is InChI=1S/C13H13FN2O2/c1-8-9(5-6-18-8)13(17)16-12-4-2-3-11(14)10(12)7-15/h2-4,8-9H,5-6H2,1H3,(H,16,17). The average molecular weight is 248 g/mol. The summed E-state index contributed by atoms with van der Waals surface area (Å²) in [5, 5.41) is 11.5. The molecule has 0 spiro atoms. The summed E-state index contributed by atoms with van der Waals surface area (Å²) in [7, 11) is 0. The monoisotopic (exact) mass is 248 g/mol. The number of carbonyl (C=O) groups excluding carboxylic acids is 1. The molecule has 1 aliphatic rings. The van der Waals surface area contributed by atoms with E-state index in [9.17, 15) is 9.18 Å². The summed E-state index contributed by atoms with van der Waals surface area (Å²) < 4.78 is 18.7. The van der Waals surface area contributed by atoms with Gasteiger partial charge in [-0.05, 0) is 25.5 Å². The maximum atomic E-state index is 13.4. The van der Waals surface area contributed by atoms with Crippen LogP contribution in [0, 0.1) is 23.1 Å². The Morgan fingerprint density at radius 3 is 3.00 bits per heavy atom. The number of nitrogens with one attached hydrogen (secondary N) is 1. The van der Waals surface area contributed by atoms with E-state index in [0.717, 1.165) is 0 Å². The van der Waals surface area contributed by atoms with Crippen molar-refractivity contribution in [2.24, 2.45) is 5.92 Å². The number of amides is 1. The lowest BCUT2D eigenvalue weighted by atomic mass is 10.0. The molecular formula is C13H13FN2O2. The first-order valence-electron chi connectivity index (χ1n) is 5.74. The number of halogens is 1. The summed E-state index contributed by atoms with van der Waals surface area (Å²) >= 11 is 0. The molecule has 0 aromatic heterocycles. The van der Waals surface area contributed by atoms with Crippen molar-refractivity contribution in [2.75, 3.05) is 11.9 Å². The molecule has 1 N–H and O–H groups in total. The predicted molar refractivity (Wildman–Crippen MR) is 63.3 cm³/mol. The second-order valence-electron chi connectivity index (χ2n) is 4.23. The van der Waals surface area contributed by atoms with Gasteiger partial charge < -0.3 is 10.1 Å². The Hall–Kier alpha value is -1.93. The lowest BCUT2D eigenvalue weighted by molar-refractivity contribution is -0.121. The third kappa shape index (κ3) is 2.34. The summed E-state index contributed by atoms with van der Waals surface area (Å²) in [5.41, 5.74) is 0.0685. The normalized spacial score (nSPS) is 22.5. The minimum absolute atomic E-state index is 0.141. The molecule has 18 heavy (non-hydrogen) atoms. The van der Waals surface area contributed by atoms with Crippen molar-refractivity contribution in [3.8, 4) is 6.07 Å². The first-order valence-corrected chi connectivity index (χ1v) is 5.74. The molecule has 1 heterocycles. The van der Waals surface area contributed by atoms with Crippen molar-refractivity contribution < 1.29 is 13.9 Å². The molecule has 5 heteroatoms. The highest BCUT2D eigenvalue weighted by Crippen LogP contribution is 2.24. The van der Waals surface area contributed by atoms with Crippen LogP contribution in [-0.4, -0.2) is 18.6 Å². The molecule has 2 unspecified atom stereocenters. The van der Waals surface area contributed by atoms with E-state index in [1.165, 1.54) is 18.2 Å². The molecule has 1 saturated heterocycles. The molecule has 0 bridgehead atoms. The smallest absolute Gasteiger partial charge is 0.230 e. The summed E-state index contributed by atoms with van der Waals surface area (Å²) in [4.78, 5) is 12.0. The first kappa shape index (κ1) is 12.5.